The van der Waals surface area contributed by atoms with E-state index in [0.717, 1.165) is 33.2 Å². The molecule has 5 nitrogen and oxygen atoms in total. The van der Waals surface area contributed by atoms with Gasteiger partial charge in [-0.15, -0.1) is 0 Å². The number of para-hydroxylation sites is 1. The number of hydrogen-bond acceptors (Lipinski definition) is 3. The molecule has 5 heteroatoms. The van der Waals surface area contributed by atoms with E-state index < -0.39 is 0 Å². The van der Waals surface area contributed by atoms with Crippen molar-refractivity contribution in [2.24, 2.45) is 0 Å². The number of hydrogen-bond donors (Lipinski definition) is 1. The molecule has 0 saturated heterocycles. The number of nitrogens with one attached hydrogen (secondary N) is 1. The lowest BCUT2D eigenvalue weighted by atomic mass is 10.0. The van der Waals surface area contributed by atoms with Crippen LogP contribution in [0.1, 0.15) is 5.56 Å². The second-order valence-corrected chi connectivity index (χ2v) is 6.53. The van der Waals surface area contributed by atoms with Crippen LogP contribution in [0.4, 0.5) is 0 Å². The number of pyridine rings is 1. The summed E-state index contributed by atoms with van der Waals surface area (Å²) in [4.78, 5) is 24.6. The van der Waals surface area contributed by atoms with Crippen molar-refractivity contribution in [3.05, 3.63) is 95.3 Å². The number of nitrogens with zero attached hydrogens (tertiary/aromatic N) is 3. The monoisotopic (exact) mass is 352 g/mol. The Morgan fingerprint density at radius 2 is 1.78 bits per heavy atom. The molecule has 0 aliphatic carbocycles. The van der Waals surface area contributed by atoms with Gasteiger partial charge in [-0.3, -0.25) is 9.36 Å². The second-order valence-electron chi connectivity index (χ2n) is 6.53. The molecule has 0 spiro atoms. The molecular formula is C22H16N4O. The van der Waals surface area contributed by atoms with Gasteiger partial charge in [0.25, 0.3) is 5.56 Å². The predicted octanol–water partition coefficient (Wildman–Crippen LogP) is 3.99. The zero-order chi connectivity index (χ0) is 18.2. The van der Waals surface area contributed by atoms with Crippen molar-refractivity contribution in [3.8, 4) is 11.1 Å². The molecular weight excluding hydrogens is 336 g/mol. The Morgan fingerprint density at radius 3 is 2.67 bits per heavy atom. The van der Waals surface area contributed by atoms with Gasteiger partial charge in [-0.2, -0.15) is 0 Å². The Morgan fingerprint density at radius 1 is 0.926 bits per heavy atom. The molecule has 3 aromatic heterocycles. The first-order valence-electron chi connectivity index (χ1n) is 8.74. The summed E-state index contributed by atoms with van der Waals surface area (Å²) in [6, 6.07) is 19.7. The zero-order valence-corrected chi connectivity index (χ0v) is 14.5. The smallest absolute Gasteiger partial charge is 0.261 e. The van der Waals surface area contributed by atoms with Crippen molar-refractivity contribution in [2.45, 2.75) is 6.54 Å². The molecule has 2 aromatic carbocycles. The fourth-order valence-corrected chi connectivity index (χ4v) is 3.32. The van der Waals surface area contributed by atoms with Gasteiger partial charge in [0.2, 0.25) is 0 Å². The average Bonchev–Trinajstić information content (AvgIpc) is 3.19. The molecule has 0 unspecified atom stereocenters. The van der Waals surface area contributed by atoms with Crippen LogP contribution in [-0.2, 0) is 6.54 Å². The van der Waals surface area contributed by atoms with E-state index in [-0.39, 0.29) is 5.56 Å². The molecule has 27 heavy (non-hydrogen) atoms. The lowest BCUT2D eigenvalue weighted by Crippen LogP contribution is -2.21. The van der Waals surface area contributed by atoms with Crippen LogP contribution in [-0.4, -0.2) is 19.5 Å². The summed E-state index contributed by atoms with van der Waals surface area (Å²) >= 11 is 0. The van der Waals surface area contributed by atoms with E-state index in [1.165, 1.54) is 0 Å². The van der Waals surface area contributed by atoms with Crippen LogP contribution in [0, 0.1) is 0 Å². The van der Waals surface area contributed by atoms with E-state index in [4.69, 9.17) is 0 Å². The maximum absolute atomic E-state index is 12.6. The third-order valence-electron chi connectivity index (χ3n) is 4.77. The average molecular weight is 352 g/mol. The molecule has 0 atom stereocenters. The molecule has 0 aliphatic heterocycles. The van der Waals surface area contributed by atoms with Gasteiger partial charge in [0.15, 0.2) is 0 Å². The maximum Gasteiger partial charge on any atom is 0.261 e. The lowest BCUT2D eigenvalue weighted by molar-refractivity contribution is 0.748. The predicted molar refractivity (Wildman–Crippen MR) is 107 cm³/mol. The maximum atomic E-state index is 12.6. The van der Waals surface area contributed by atoms with Gasteiger partial charge in [0.1, 0.15) is 5.65 Å². The Labute approximate surface area is 155 Å². The van der Waals surface area contributed by atoms with E-state index in [1.54, 1.807) is 10.9 Å². The van der Waals surface area contributed by atoms with Gasteiger partial charge in [-0.05, 0) is 35.4 Å². The summed E-state index contributed by atoms with van der Waals surface area (Å²) < 4.78 is 1.64. The molecule has 0 radical (unpaired) electrons. The van der Waals surface area contributed by atoms with Crippen molar-refractivity contribution in [3.63, 3.8) is 0 Å². The molecule has 5 aromatic rings. The van der Waals surface area contributed by atoms with Crippen LogP contribution < -0.4 is 5.56 Å². The standard InChI is InChI=1S/C22H16N4O/c27-22-19-3-1-2-4-20(19)25-14-26(22)13-15-5-7-16(8-6-15)18-11-17-9-10-23-21(17)24-12-18/h1-12,14H,13H2,(H,23,24). The van der Waals surface area contributed by atoms with Gasteiger partial charge in [0.05, 0.1) is 23.8 Å². The topological polar surface area (TPSA) is 63.6 Å². The number of H-pyrrole nitrogens is 1. The first-order valence-corrected chi connectivity index (χ1v) is 8.74. The second kappa shape index (κ2) is 6.21. The number of aromatic amines is 1. The number of benzene rings is 2. The molecule has 0 amide bonds. The zero-order valence-electron chi connectivity index (χ0n) is 14.5. The van der Waals surface area contributed by atoms with Gasteiger partial charge in [-0.25, -0.2) is 9.97 Å². The summed E-state index contributed by atoms with van der Waals surface area (Å²) in [6.07, 6.45) is 5.37. The summed E-state index contributed by atoms with van der Waals surface area (Å²) in [7, 11) is 0. The van der Waals surface area contributed by atoms with E-state index in [2.05, 4.69) is 33.2 Å². The highest BCUT2D eigenvalue weighted by molar-refractivity contribution is 5.81. The van der Waals surface area contributed by atoms with Crippen LogP contribution in [0.3, 0.4) is 0 Å². The van der Waals surface area contributed by atoms with E-state index >= 15 is 0 Å². The fraction of sp³-hybridized carbons (Fsp3) is 0.0455. The molecule has 3 heterocycles. The van der Waals surface area contributed by atoms with Crippen molar-refractivity contribution in [2.75, 3.05) is 0 Å². The number of aromatic nitrogens is 4. The Kier molecular flexibility index (Phi) is 3.57. The Bertz CT molecular complexity index is 1320. The highest BCUT2D eigenvalue weighted by atomic mass is 16.1. The van der Waals surface area contributed by atoms with Crippen molar-refractivity contribution >= 4 is 21.9 Å². The van der Waals surface area contributed by atoms with E-state index in [0.29, 0.717) is 11.9 Å². The van der Waals surface area contributed by atoms with Crippen LogP contribution >= 0.6 is 0 Å². The molecule has 1 N–H and O–H groups in total. The fourth-order valence-electron chi connectivity index (χ4n) is 3.32. The molecule has 0 saturated carbocycles. The van der Waals surface area contributed by atoms with Crippen molar-refractivity contribution < 1.29 is 0 Å². The molecule has 5 rings (SSSR count). The normalized spacial score (nSPS) is 11.3. The SMILES string of the molecule is O=c1c2ccccc2ncn1Cc1ccc(-c2cnc3[nH]ccc3c2)cc1. The first-order chi connectivity index (χ1) is 13.3. The highest BCUT2D eigenvalue weighted by Gasteiger charge is 2.05. The minimum absolute atomic E-state index is 0.0215. The van der Waals surface area contributed by atoms with E-state index in [1.807, 2.05) is 54.9 Å². The van der Waals surface area contributed by atoms with Gasteiger partial charge in [0, 0.05) is 23.3 Å². The van der Waals surface area contributed by atoms with Crippen LogP contribution in [0.25, 0.3) is 33.1 Å². The Balaban J connectivity index is 1.45. The summed E-state index contributed by atoms with van der Waals surface area (Å²) in [5.74, 6) is 0. The van der Waals surface area contributed by atoms with Crippen LogP contribution in [0.15, 0.2) is 84.2 Å². The van der Waals surface area contributed by atoms with E-state index in [9.17, 15) is 4.79 Å². The van der Waals surface area contributed by atoms with Crippen LogP contribution in [0.5, 0.6) is 0 Å². The first kappa shape index (κ1) is 15.5. The third kappa shape index (κ3) is 2.79. The van der Waals surface area contributed by atoms with Gasteiger partial charge >= 0.3 is 0 Å². The quantitative estimate of drug-likeness (QED) is 0.534. The highest BCUT2D eigenvalue weighted by Crippen LogP contribution is 2.22. The summed E-state index contributed by atoms with van der Waals surface area (Å²) in [5, 5.41) is 1.73. The summed E-state index contributed by atoms with van der Waals surface area (Å²) in [5.41, 5.74) is 4.80. The molecule has 0 aliphatic rings. The minimum Gasteiger partial charge on any atom is -0.346 e. The van der Waals surface area contributed by atoms with Crippen molar-refractivity contribution in [1.82, 2.24) is 19.5 Å². The number of rotatable bonds is 3. The number of fused-ring (bicyclic) bond motifs is 2. The molecule has 0 fully saturated rings. The van der Waals surface area contributed by atoms with Gasteiger partial charge in [-0.1, -0.05) is 36.4 Å². The lowest BCUT2D eigenvalue weighted by Gasteiger charge is -2.08. The molecule has 130 valence electrons. The summed E-state index contributed by atoms with van der Waals surface area (Å²) in [6.45, 7) is 0.492. The van der Waals surface area contributed by atoms with Gasteiger partial charge < -0.3 is 4.98 Å². The van der Waals surface area contributed by atoms with Crippen LogP contribution in [0.2, 0.25) is 0 Å². The molecule has 0 bridgehead atoms. The largest absolute Gasteiger partial charge is 0.346 e. The minimum atomic E-state index is -0.0215. The van der Waals surface area contributed by atoms with Crippen molar-refractivity contribution in [1.29, 1.82) is 0 Å². The third-order valence-corrected chi connectivity index (χ3v) is 4.77. The Hall–Kier alpha value is -3.73.